The van der Waals surface area contributed by atoms with Crippen LogP contribution in [0.25, 0.3) is 0 Å². The number of benzene rings is 3. The van der Waals surface area contributed by atoms with E-state index in [1.165, 1.54) is 11.1 Å². The molecule has 0 spiro atoms. The number of urea groups is 1. The van der Waals surface area contributed by atoms with Gasteiger partial charge in [-0.3, -0.25) is 4.79 Å². The molecule has 0 aliphatic heterocycles. The number of carbonyl (C=O) groups excluding carboxylic acids is 2. The van der Waals surface area contributed by atoms with E-state index in [4.69, 9.17) is 0 Å². The average molecular weight is 444 g/mol. The first-order valence-corrected chi connectivity index (χ1v) is 11.6. The quantitative estimate of drug-likeness (QED) is 0.380. The number of carbonyl (C=O) groups is 2. The Bertz CT molecular complexity index is 982. The molecule has 0 bridgehead atoms. The predicted molar refractivity (Wildman–Crippen MR) is 134 cm³/mol. The van der Waals surface area contributed by atoms with Gasteiger partial charge in [-0.1, -0.05) is 86.1 Å². The highest BCUT2D eigenvalue weighted by molar-refractivity contribution is 5.93. The van der Waals surface area contributed by atoms with Gasteiger partial charge in [0, 0.05) is 18.2 Å². The monoisotopic (exact) mass is 443 g/mol. The van der Waals surface area contributed by atoms with E-state index < -0.39 is 6.04 Å². The van der Waals surface area contributed by atoms with Crippen LogP contribution in [-0.4, -0.2) is 24.5 Å². The minimum absolute atomic E-state index is 0.156. The van der Waals surface area contributed by atoms with Gasteiger partial charge < -0.3 is 16.0 Å². The summed E-state index contributed by atoms with van der Waals surface area (Å²) in [4.78, 5) is 25.3. The Balaban J connectivity index is 1.58. The summed E-state index contributed by atoms with van der Waals surface area (Å²) in [5.41, 5.74) is 4.20. The molecule has 33 heavy (non-hydrogen) atoms. The number of hydrogen-bond acceptors (Lipinski definition) is 2. The molecule has 5 heteroatoms. The molecule has 3 aromatic rings. The van der Waals surface area contributed by atoms with Crippen molar-refractivity contribution in [1.29, 1.82) is 0 Å². The van der Waals surface area contributed by atoms with Gasteiger partial charge in [-0.25, -0.2) is 4.79 Å². The maximum Gasteiger partial charge on any atom is 0.319 e. The number of aryl methyl sites for hydroxylation is 1. The van der Waals surface area contributed by atoms with Gasteiger partial charge in [-0.05, 0) is 48.6 Å². The molecular weight excluding hydrogens is 410 g/mol. The summed E-state index contributed by atoms with van der Waals surface area (Å²) >= 11 is 0. The smallest absolute Gasteiger partial charge is 0.319 e. The molecule has 3 rings (SSSR count). The van der Waals surface area contributed by atoms with Gasteiger partial charge in [0.2, 0.25) is 5.91 Å². The van der Waals surface area contributed by atoms with E-state index in [-0.39, 0.29) is 17.9 Å². The maximum absolute atomic E-state index is 12.9. The third-order valence-electron chi connectivity index (χ3n) is 5.61. The highest BCUT2D eigenvalue weighted by Gasteiger charge is 2.21. The summed E-state index contributed by atoms with van der Waals surface area (Å²) < 4.78 is 0. The minimum Gasteiger partial charge on any atom is -0.354 e. The molecule has 3 amide bonds. The molecule has 3 aromatic carbocycles. The third-order valence-corrected chi connectivity index (χ3v) is 5.61. The van der Waals surface area contributed by atoms with Crippen LogP contribution in [0, 0.1) is 6.92 Å². The molecule has 0 aliphatic rings. The van der Waals surface area contributed by atoms with Crippen molar-refractivity contribution in [1.82, 2.24) is 10.6 Å². The predicted octanol–water partition coefficient (Wildman–Crippen LogP) is 5.62. The van der Waals surface area contributed by atoms with Crippen LogP contribution in [0.15, 0.2) is 84.9 Å². The summed E-state index contributed by atoms with van der Waals surface area (Å²) in [7, 11) is 0. The fourth-order valence-corrected chi connectivity index (χ4v) is 3.97. The molecule has 0 fully saturated rings. The SMILES string of the molecule is CCCC(NC(=O)Nc1cccc(C)c1)C(=O)NCCC(c1ccccc1)c1ccccc1. The van der Waals surface area contributed by atoms with Crippen molar-refractivity contribution in [3.05, 3.63) is 102 Å². The van der Waals surface area contributed by atoms with E-state index in [9.17, 15) is 9.59 Å². The fourth-order valence-electron chi connectivity index (χ4n) is 3.97. The molecule has 0 aromatic heterocycles. The van der Waals surface area contributed by atoms with Crippen molar-refractivity contribution in [2.45, 2.75) is 45.1 Å². The van der Waals surface area contributed by atoms with Crippen LogP contribution in [0.3, 0.4) is 0 Å². The van der Waals surface area contributed by atoms with Crippen LogP contribution in [0.1, 0.15) is 48.8 Å². The van der Waals surface area contributed by atoms with Gasteiger partial charge in [0.25, 0.3) is 0 Å². The van der Waals surface area contributed by atoms with Gasteiger partial charge in [0.05, 0.1) is 0 Å². The van der Waals surface area contributed by atoms with E-state index in [1.54, 1.807) is 0 Å². The zero-order valence-corrected chi connectivity index (χ0v) is 19.4. The number of rotatable bonds is 10. The molecule has 1 unspecified atom stereocenters. The van der Waals surface area contributed by atoms with Crippen LogP contribution < -0.4 is 16.0 Å². The molecule has 5 nitrogen and oxygen atoms in total. The number of hydrogen-bond donors (Lipinski definition) is 3. The Morgan fingerprint density at radius 2 is 1.45 bits per heavy atom. The minimum atomic E-state index is -0.577. The van der Waals surface area contributed by atoms with Crippen molar-refractivity contribution < 1.29 is 9.59 Å². The Morgan fingerprint density at radius 1 is 0.818 bits per heavy atom. The molecule has 0 saturated carbocycles. The van der Waals surface area contributed by atoms with Crippen molar-refractivity contribution in [2.75, 3.05) is 11.9 Å². The topological polar surface area (TPSA) is 70.2 Å². The lowest BCUT2D eigenvalue weighted by atomic mass is 9.88. The van der Waals surface area contributed by atoms with Gasteiger partial charge >= 0.3 is 6.03 Å². The van der Waals surface area contributed by atoms with Crippen molar-refractivity contribution in [3.63, 3.8) is 0 Å². The van der Waals surface area contributed by atoms with E-state index in [0.29, 0.717) is 18.7 Å². The molecule has 0 saturated heterocycles. The van der Waals surface area contributed by atoms with Crippen molar-refractivity contribution in [3.8, 4) is 0 Å². The Morgan fingerprint density at radius 3 is 2.03 bits per heavy atom. The van der Waals surface area contributed by atoms with Gasteiger partial charge in [-0.15, -0.1) is 0 Å². The van der Waals surface area contributed by atoms with Gasteiger partial charge in [-0.2, -0.15) is 0 Å². The first-order chi connectivity index (χ1) is 16.1. The number of anilines is 1. The lowest BCUT2D eigenvalue weighted by molar-refractivity contribution is -0.123. The number of amides is 3. The molecule has 3 N–H and O–H groups in total. The van der Waals surface area contributed by atoms with Gasteiger partial charge in [0.1, 0.15) is 6.04 Å². The zero-order chi connectivity index (χ0) is 23.5. The van der Waals surface area contributed by atoms with Gasteiger partial charge in [0.15, 0.2) is 0 Å². The summed E-state index contributed by atoms with van der Waals surface area (Å²) in [6.45, 7) is 4.49. The summed E-state index contributed by atoms with van der Waals surface area (Å²) in [6, 6.07) is 27.3. The molecule has 0 aliphatic carbocycles. The second-order valence-corrected chi connectivity index (χ2v) is 8.26. The summed E-state index contributed by atoms with van der Waals surface area (Å²) in [5.74, 6) is 0.0334. The summed E-state index contributed by atoms with van der Waals surface area (Å²) in [6.07, 6.45) is 2.14. The lowest BCUT2D eigenvalue weighted by Gasteiger charge is -2.21. The first kappa shape index (κ1) is 24.1. The second kappa shape index (κ2) is 12.4. The van der Waals surface area contributed by atoms with E-state index in [2.05, 4.69) is 40.2 Å². The van der Waals surface area contributed by atoms with Crippen LogP contribution >= 0.6 is 0 Å². The highest BCUT2D eigenvalue weighted by atomic mass is 16.2. The largest absolute Gasteiger partial charge is 0.354 e. The fraction of sp³-hybridized carbons (Fsp3) is 0.286. The standard InChI is InChI=1S/C28H33N3O2/c1-3-11-26(31-28(33)30-24-17-10-12-21(2)20-24)27(32)29-19-18-25(22-13-6-4-7-14-22)23-15-8-5-9-16-23/h4-10,12-17,20,25-26H,3,11,18-19H2,1-2H3,(H,29,32)(H2,30,31,33). The average Bonchev–Trinajstić information content (AvgIpc) is 2.82. The Labute approximate surface area is 196 Å². The van der Waals surface area contributed by atoms with Crippen LogP contribution in [0.5, 0.6) is 0 Å². The Kier molecular flexibility index (Phi) is 9.07. The first-order valence-electron chi connectivity index (χ1n) is 11.6. The zero-order valence-electron chi connectivity index (χ0n) is 19.4. The Hall–Kier alpha value is -3.60. The third kappa shape index (κ3) is 7.49. The van der Waals surface area contributed by atoms with E-state index >= 15 is 0 Å². The van der Waals surface area contributed by atoms with E-state index in [1.807, 2.05) is 74.5 Å². The van der Waals surface area contributed by atoms with Crippen molar-refractivity contribution in [2.24, 2.45) is 0 Å². The van der Waals surface area contributed by atoms with Crippen LogP contribution in [0.2, 0.25) is 0 Å². The van der Waals surface area contributed by atoms with Crippen molar-refractivity contribution >= 4 is 17.6 Å². The number of nitrogens with one attached hydrogen (secondary N) is 3. The molecule has 0 heterocycles. The normalized spacial score (nSPS) is 11.6. The highest BCUT2D eigenvalue weighted by Crippen LogP contribution is 2.27. The maximum atomic E-state index is 12.9. The van der Waals surface area contributed by atoms with E-state index in [0.717, 1.165) is 18.4 Å². The molecule has 1 atom stereocenters. The molecular formula is C28H33N3O2. The second-order valence-electron chi connectivity index (χ2n) is 8.26. The molecule has 0 radical (unpaired) electrons. The van der Waals surface area contributed by atoms with Crippen LogP contribution in [0.4, 0.5) is 10.5 Å². The molecule has 172 valence electrons. The summed E-state index contributed by atoms with van der Waals surface area (Å²) in [5, 5.41) is 8.67. The van der Waals surface area contributed by atoms with Crippen LogP contribution in [-0.2, 0) is 4.79 Å². The lowest BCUT2D eigenvalue weighted by Crippen LogP contribution is -2.48.